The molecule has 3 N–H and O–H groups in total. The fraction of sp³-hybridized carbons (Fsp3) is 0.556. The molecule has 0 spiro atoms. The zero-order valence-corrected chi connectivity index (χ0v) is 7.81. The third-order valence-electron chi connectivity index (χ3n) is 2.31. The van der Waals surface area contributed by atoms with Gasteiger partial charge in [0.2, 0.25) is 0 Å². The van der Waals surface area contributed by atoms with E-state index in [9.17, 15) is 0 Å². The summed E-state index contributed by atoms with van der Waals surface area (Å²) >= 11 is 0. The summed E-state index contributed by atoms with van der Waals surface area (Å²) in [6.07, 6.45) is 5.85. The molecule has 1 heterocycles. The van der Waals surface area contributed by atoms with E-state index in [1.165, 1.54) is 18.5 Å². The number of H-pyrrole nitrogens is 1. The molecule has 2 rings (SSSR count). The van der Waals surface area contributed by atoms with Crippen molar-refractivity contribution in [3.63, 3.8) is 0 Å². The van der Waals surface area contributed by atoms with Crippen molar-refractivity contribution in [1.82, 2.24) is 4.98 Å². The van der Waals surface area contributed by atoms with Crippen LogP contribution in [0.5, 0.6) is 0 Å². The minimum absolute atomic E-state index is 0. The van der Waals surface area contributed by atoms with Crippen LogP contribution >= 0.6 is 12.4 Å². The van der Waals surface area contributed by atoms with Crippen molar-refractivity contribution in [1.29, 1.82) is 0 Å². The van der Waals surface area contributed by atoms with Crippen LogP contribution in [0.1, 0.15) is 31.0 Å². The van der Waals surface area contributed by atoms with E-state index in [0.717, 1.165) is 12.3 Å². The van der Waals surface area contributed by atoms with Crippen LogP contribution in [-0.4, -0.2) is 4.98 Å². The first kappa shape index (κ1) is 9.62. The van der Waals surface area contributed by atoms with Crippen LogP contribution in [0.2, 0.25) is 0 Å². The molecule has 1 fully saturated rings. The van der Waals surface area contributed by atoms with Gasteiger partial charge in [-0.2, -0.15) is 0 Å². The molecule has 0 amide bonds. The van der Waals surface area contributed by atoms with Crippen molar-refractivity contribution in [2.45, 2.75) is 25.3 Å². The van der Waals surface area contributed by atoms with E-state index in [1.54, 1.807) is 0 Å². The molecule has 1 aliphatic rings. The summed E-state index contributed by atoms with van der Waals surface area (Å²) in [6, 6.07) is 4.30. The Kier molecular flexibility index (Phi) is 3.18. The van der Waals surface area contributed by atoms with E-state index in [0.29, 0.717) is 0 Å². The second-order valence-corrected chi connectivity index (χ2v) is 3.41. The lowest BCUT2D eigenvalue weighted by Crippen LogP contribution is -2.10. The molecular weight excluding hydrogens is 172 g/mol. The monoisotopic (exact) mass is 186 g/mol. The molecule has 1 aliphatic carbocycles. The van der Waals surface area contributed by atoms with Crippen molar-refractivity contribution in [2.24, 2.45) is 11.7 Å². The van der Waals surface area contributed by atoms with Gasteiger partial charge >= 0.3 is 0 Å². The second-order valence-electron chi connectivity index (χ2n) is 3.41. The number of nitrogens with two attached hydrogens (primary N) is 1. The molecule has 1 atom stereocenters. The van der Waals surface area contributed by atoms with Crippen LogP contribution < -0.4 is 5.73 Å². The summed E-state index contributed by atoms with van der Waals surface area (Å²) in [7, 11) is 0. The minimum Gasteiger partial charge on any atom is -0.364 e. The van der Waals surface area contributed by atoms with Gasteiger partial charge in [0.15, 0.2) is 0 Å². The first-order valence-corrected chi connectivity index (χ1v) is 4.25. The Morgan fingerprint density at radius 1 is 1.58 bits per heavy atom. The zero-order valence-electron chi connectivity index (χ0n) is 6.99. The molecular formula is C9H15ClN2. The van der Waals surface area contributed by atoms with Gasteiger partial charge in [-0.15, -0.1) is 12.4 Å². The fourth-order valence-electron chi connectivity index (χ4n) is 1.41. The predicted octanol–water partition coefficient (Wildman–Crippen LogP) is 2.24. The summed E-state index contributed by atoms with van der Waals surface area (Å²) in [4.78, 5) is 3.15. The van der Waals surface area contributed by atoms with Crippen molar-refractivity contribution in [3.8, 4) is 0 Å². The third kappa shape index (κ3) is 2.26. The largest absolute Gasteiger partial charge is 0.364 e. The number of hydrogen-bond acceptors (Lipinski definition) is 1. The maximum Gasteiger partial charge on any atom is 0.0450 e. The SMILES string of the molecule is Cl.N[C@@H](CC1CC1)c1ccc[nH]1. The van der Waals surface area contributed by atoms with Gasteiger partial charge in [0.25, 0.3) is 0 Å². The standard InChI is InChI=1S/C9H14N2.ClH/c10-8(6-7-3-4-7)9-2-1-5-11-9;/h1-2,5,7-8,11H,3-4,6,10H2;1H/t8-;/m0./s1. The zero-order chi connectivity index (χ0) is 7.68. The normalized spacial score (nSPS) is 18.4. The Labute approximate surface area is 79.0 Å². The van der Waals surface area contributed by atoms with Crippen LogP contribution in [0.4, 0.5) is 0 Å². The molecule has 0 unspecified atom stereocenters. The summed E-state index contributed by atoms with van der Waals surface area (Å²) in [6.45, 7) is 0. The van der Waals surface area contributed by atoms with E-state index < -0.39 is 0 Å². The van der Waals surface area contributed by atoms with E-state index in [4.69, 9.17) is 5.73 Å². The molecule has 0 bridgehead atoms. The van der Waals surface area contributed by atoms with Gasteiger partial charge in [-0.3, -0.25) is 0 Å². The molecule has 1 aromatic rings. The minimum atomic E-state index is 0. The molecule has 0 saturated heterocycles. The third-order valence-corrected chi connectivity index (χ3v) is 2.31. The lowest BCUT2D eigenvalue weighted by molar-refractivity contribution is 0.586. The van der Waals surface area contributed by atoms with E-state index >= 15 is 0 Å². The van der Waals surface area contributed by atoms with Gasteiger partial charge in [0.1, 0.15) is 0 Å². The second kappa shape index (κ2) is 3.97. The van der Waals surface area contributed by atoms with Crippen LogP contribution in [0.25, 0.3) is 0 Å². The number of aromatic nitrogens is 1. The van der Waals surface area contributed by atoms with Gasteiger partial charge in [0.05, 0.1) is 0 Å². The van der Waals surface area contributed by atoms with Gasteiger partial charge in [-0.05, 0) is 24.5 Å². The molecule has 1 aromatic heterocycles. The Morgan fingerprint density at radius 2 is 2.33 bits per heavy atom. The van der Waals surface area contributed by atoms with Crippen LogP contribution in [0.3, 0.4) is 0 Å². The van der Waals surface area contributed by atoms with Crippen molar-refractivity contribution in [2.75, 3.05) is 0 Å². The molecule has 2 nitrogen and oxygen atoms in total. The van der Waals surface area contributed by atoms with Crippen molar-refractivity contribution in [3.05, 3.63) is 24.0 Å². The molecule has 1 saturated carbocycles. The van der Waals surface area contributed by atoms with Gasteiger partial charge in [-0.25, -0.2) is 0 Å². The maximum absolute atomic E-state index is 5.95. The topological polar surface area (TPSA) is 41.8 Å². The first-order chi connectivity index (χ1) is 5.36. The summed E-state index contributed by atoms with van der Waals surface area (Å²) < 4.78 is 0. The summed E-state index contributed by atoms with van der Waals surface area (Å²) in [5.41, 5.74) is 7.13. The maximum atomic E-state index is 5.95. The molecule has 68 valence electrons. The van der Waals surface area contributed by atoms with Crippen molar-refractivity contribution < 1.29 is 0 Å². The highest BCUT2D eigenvalue weighted by atomic mass is 35.5. The molecule has 3 heteroatoms. The first-order valence-electron chi connectivity index (χ1n) is 4.25. The number of nitrogens with one attached hydrogen (secondary N) is 1. The summed E-state index contributed by atoms with van der Waals surface area (Å²) in [5.74, 6) is 0.910. The van der Waals surface area contributed by atoms with E-state index in [1.807, 2.05) is 12.3 Å². The smallest absolute Gasteiger partial charge is 0.0450 e. The molecule has 0 aliphatic heterocycles. The van der Waals surface area contributed by atoms with Gasteiger partial charge < -0.3 is 10.7 Å². The highest BCUT2D eigenvalue weighted by Gasteiger charge is 2.24. The number of hydrogen-bond donors (Lipinski definition) is 2. The van der Waals surface area contributed by atoms with E-state index in [-0.39, 0.29) is 18.4 Å². The summed E-state index contributed by atoms with van der Waals surface area (Å²) in [5, 5.41) is 0. The highest BCUT2D eigenvalue weighted by molar-refractivity contribution is 5.85. The Balaban J connectivity index is 0.000000720. The molecule has 0 radical (unpaired) electrons. The molecule has 0 aromatic carbocycles. The van der Waals surface area contributed by atoms with Gasteiger partial charge in [-0.1, -0.05) is 12.8 Å². The number of rotatable bonds is 3. The number of aromatic amines is 1. The lowest BCUT2D eigenvalue weighted by Gasteiger charge is -2.07. The fourth-order valence-corrected chi connectivity index (χ4v) is 1.41. The predicted molar refractivity (Wildman–Crippen MR) is 52.3 cm³/mol. The van der Waals surface area contributed by atoms with Crippen LogP contribution in [0, 0.1) is 5.92 Å². The van der Waals surface area contributed by atoms with Crippen LogP contribution in [0.15, 0.2) is 18.3 Å². The Hall–Kier alpha value is -0.470. The molecule has 12 heavy (non-hydrogen) atoms. The van der Waals surface area contributed by atoms with Crippen LogP contribution in [-0.2, 0) is 0 Å². The highest BCUT2D eigenvalue weighted by Crippen LogP contribution is 2.36. The Bertz CT molecular complexity index is 216. The quantitative estimate of drug-likeness (QED) is 0.747. The average Bonchev–Trinajstić information content (AvgIpc) is 2.67. The van der Waals surface area contributed by atoms with Crippen molar-refractivity contribution >= 4 is 12.4 Å². The Morgan fingerprint density at radius 3 is 2.83 bits per heavy atom. The van der Waals surface area contributed by atoms with Gasteiger partial charge in [0, 0.05) is 17.9 Å². The van der Waals surface area contributed by atoms with E-state index in [2.05, 4.69) is 11.1 Å². The lowest BCUT2D eigenvalue weighted by atomic mass is 10.1. The number of halogens is 1. The average molecular weight is 187 g/mol.